The largest absolute Gasteiger partial charge is 0.354 e. The van der Waals surface area contributed by atoms with E-state index in [4.69, 9.17) is 0 Å². The molecule has 2 amide bonds. The van der Waals surface area contributed by atoms with E-state index in [1.165, 1.54) is 12.0 Å². The first-order valence-electron chi connectivity index (χ1n) is 7.84. The zero-order valence-corrected chi connectivity index (χ0v) is 12.4. The topological polar surface area (TPSA) is 58.2 Å². The van der Waals surface area contributed by atoms with Gasteiger partial charge in [-0.25, -0.2) is 0 Å². The third kappa shape index (κ3) is 5.58. The monoisotopic (exact) mass is 288 g/mol. The Hall–Kier alpha value is -1.84. The van der Waals surface area contributed by atoms with E-state index in [-0.39, 0.29) is 24.3 Å². The van der Waals surface area contributed by atoms with Crippen LogP contribution < -0.4 is 10.6 Å². The molecule has 1 saturated carbocycles. The lowest BCUT2D eigenvalue weighted by Gasteiger charge is -2.20. The van der Waals surface area contributed by atoms with Crippen LogP contribution in [0.4, 0.5) is 0 Å². The summed E-state index contributed by atoms with van der Waals surface area (Å²) < 4.78 is 0. The van der Waals surface area contributed by atoms with Crippen molar-refractivity contribution in [2.75, 3.05) is 13.1 Å². The Labute approximate surface area is 126 Å². The molecule has 114 valence electrons. The molecular weight excluding hydrogens is 264 g/mol. The average Bonchev–Trinajstić information content (AvgIpc) is 2.54. The standard InChI is InChI=1S/C17H24N2O2/c20-16(18-12-11-14-7-3-1-4-8-14)13-19-17(21)15-9-5-2-6-10-15/h1,3-4,7-8,15H,2,5-6,9-13H2,(H,18,20)(H,19,21). The average molecular weight is 288 g/mol. The van der Waals surface area contributed by atoms with Gasteiger partial charge in [-0.05, 0) is 24.8 Å². The zero-order chi connectivity index (χ0) is 14.9. The maximum Gasteiger partial charge on any atom is 0.239 e. The third-order valence-electron chi connectivity index (χ3n) is 3.98. The van der Waals surface area contributed by atoms with Crippen LogP contribution in [0.3, 0.4) is 0 Å². The Kier molecular flexibility index (Phi) is 6.25. The van der Waals surface area contributed by atoms with Gasteiger partial charge in [-0.15, -0.1) is 0 Å². The number of benzene rings is 1. The van der Waals surface area contributed by atoms with Gasteiger partial charge < -0.3 is 10.6 Å². The van der Waals surface area contributed by atoms with Crippen molar-refractivity contribution in [2.24, 2.45) is 5.92 Å². The van der Waals surface area contributed by atoms with Crippen molar-refractivity contribution in [3.63, 3.8) is 0 Å². The zero-order valence-electron chi connectivity index (χ0n) is 12.4. The van der Waals surface area contributed by atoms with Gasteiger partial charge in [0, 0.05) is 12.5 Å². The van der Waals surface area contributed by atoms with E-state index in [0.29, 0.717) is 6.54 Å². The van der Waals surface area contributed by atoms with E-state index in [2.05, 4.69) is 10.6 Å². The van der Waals surface area contributed by atoms with Gasteiger partial charge in [-0.1, -0.05) is 49.6 Å². The highest BCUT2D eigenvalue weighted by Crippen LogP contribution is 2.23. The highest BCUT2D eigenvalue weighted by molar-refractivity contribution is 5.85. The normalized spacial score (nSPS) is 15.4. The molecule has 0 unspecified atom stereocenters. The minimum Gasteiger partial charge on any atom is -0.354 e. The lowest BCUT2D eigenvalue weighted by Crippen LogP contribution is -2.40. The van der Waals surface area contributed by atoms with E-state index >= 15 is 0 Å². The van der Waals surface area contributed by atoms with Crippen molar-refractivity contribution in [2.45, 2.75) is 38.5 Å². The molecular formula is C17H24N2O2. The van der Waals surface area contributed by atoms with Gasteiger partial charge in [0.2, 0.25) is 11.8 Å². The van der Waals surface area contributed by atoms with E-state index in [1.54, 1.807) is 0 Å². The quantitative estimate of drug-likeness (QED) is 0.841. The second-order valence-electron chi connectivity index (χ2n) is 5.64. The van der Waals surface area contributed by atoms with Crippen molar-refractivity contribution in [1.82, 2.24) is 10.6 Å². The van der Waals surface area contributed by atoms with Gasteiger partial charge in [-0.2, -0.15) is 0 Å². The van der Waals surface area contributed by atoms with Crippen LogP contribution in [0.15, 0.2) is 30.3 Å². The van der Waals surface area contributed by atoms with Crippen LogP contribution in [0, 0.1) is 5.92 Å². The second kappa shape index (κ2) is 8.45. The van der Waals surface area contributed by atoms with Crippen molar-refractivity contribution >= 4 is 11.8 Å². The number of rotatable bonds is 6. The second-order valence-corrected chi connectivity index (χ2v) is 5.64. The predicted molar refractivity (Wildman–Crippen MR) is 82.7 cm³/mol. The molecule has 0 radical (unpaired) electrons. The van der Waals surface area contributed by atoms with Crippen LogP contribution in [0.5, 0.6) is 0 Å². The molecule has 2 rings (SSSR count). The van der Waals surface area contributed by atoms with Gasteiger partial charge >= 0.3 is 0 Å². The van der Waals surface area contributed by atoms with Crippen molar-refractivity contribution < 1.29 is 9.59 Å². The fraction of sp³-hybridized carbons (Fsp3) is 0.529. The third-order valence-corrected chi connectivity index (χ3v) is 3.98. The fourth-order valence-corrected chi connectivity index (χ4v) is 2.73. The molecule has 1 fully saturated rings. The number of hydrogen-bond acceptors (Lipinski definition) is 2. The Balaban J connectivity index is 1.60. The van der Waals surface area contributed by atoms with Gasteiger partial charge in [0.15, 0.2) is 0 Å². The van der Waals surface area contributed by atoms with Gasteiger partial charge in [0.25, 0.3) is 0 Å². The summed E-state index contributed by atoms with van der Waals surface area (Å²) in [5.41, 5.74) is 1.20. The molecule has 1 aromatic rings. The minimum absolute atomic E-state index is 0.0351. The molecule has 1 aromatic carbocycles. The summed E-state index contributed by atoms with van der Waals surface area (Å²) in [6.45, 7) is 0.687. The first kappa shape index (κ1) is 15.5. The molecule has 0 spiro atoms. The summed E-state index contributed by atoms with van der Waals surface area (Å²) in [7, 11) is 0. The molecule has 0 saturated heterocycles. The fourth-order valence-electron chi connectivity index (χ4n) is 2.73. The molecule has 0 aromatic heterocycles. The van der Waals surface area contributed by atoms with Crippen LogP contribution in [-0.4, -0.2) is 24.9 Å². The van der Waals surface area contributed by atoms with E-state index in [9.17, 15) is 9.59 Å². The maximum absolute atomic E-state index is 11.9. The van der Waals surface area contributed by atoms with Gasteiger partial charge in [0.1, 0.15) is 0 Å². The molecule has 4 nitrogen and oxygen atoms in total. The Morgan fingerprint density at radius 1 is 1.00 bits per heavy atom. The summed E-state index contributed by atoms with van der Waals surface area (Å²) in [5.74, 6) is 0.0267. The van der Waals surface area contributed by atoms with E-state index in [0.717, 1.165) is 32.1 Å². The van der Waals surface area contributed by atoms with Crippen LogP contribution in [0.25, 0.3) is 0 Å². The Morgan fingerprint density at radius 3 is 2.43 bits per heavy atom. The lowest BCUT2D eigenvalue weighted by atomic mass is 9.89. The Morgan fingerprint density at radius 2 is 1.71 bits per heavy atom. The smallest absolute Gasteiger partial charge is 0.239 e. The van der Waals surface area contributed by atoms with Crippen LogP contribution in [-0.2, 0) is 16.0 Å². The van der Waals surface area contributed by atoms with E-state index < -0.39 is 0 Å². The van der Waals surface area contributed by atoms with Crippen molar-refractivity contribution in [3.05, 3.63) is 35.9 Å². The highest BCUT2D eigenvalue weighted by Gasteiger charge is 2.21. The molecule has 2 N–H and O–H groups in total. The number of carbonyl (C=O) groups is 2. The SMILES string of the molecule is O=C(CNC(=O)C1CCCCC1)NCCc1ccccc1. The van der Waals surface area contributed by atoms with Crippen LogP contribution >= 0.6 is 0 Å². The van der Waals surface area contributed by atoms with Crippen LogP contribution in [0.1, 0.15) is 37.7 Å². The van der Waals surface area contributed by atoms with Crippen LogP contribution in [0.2, 0.25) is 0 Å². The molecule has 0 atom stereocenters. The summed E-state index contributed by atoms with van der Waals surface area (Å²) >= 11 is 0. The molecule has 1 aliphatic carbocycles. The van der Waals surface area contributed by atoms with Crippen molar-refractivity contribution in [3.8, 4) is 0 Å². The molecule has 0 aliphatic heterocycles. The summed E-state index contributed by atoms with van der Waals surface area (Å²) in [6.07, 6.45) is 6.21. The first-order valence-corrected chi connectivity index (χ1v) is 7.84. The summed E-state index contributed by atoms with van der Waals surface area (Å²) in [6, 6.07) is 10.0. The van der Waals surface area contributed by atoms with E-state index in [1.807, 2.05) is 30.3 Å². The molecule has 21 heavy (non-hydrogen) atoms. The first-order chi connectivity index (χ1) is 10.3. The predicted octanol–water partition coefficient (Wildman–Crippen LogP) is 2.04. The van der Waals surface area contributed by atoms with Gasteiger partial charge in [0.05, 0.1) is 6.54 Å². The molecule has 0 heterocycles. The summed E-state index contributed by atoms with van der Waals surface area (Å²) in [5, 5.41) is 5.59. The number of amides is 2. The maximum atomic E-state index is 11.9. The summed E-state index contributed by atoms with van der Waals surface area (Å²) in [4.78, 5) is 23.6. The number of hydrogen-bond donors (Lipinski definition) is 2. The molecule has 1 aliphatic rings. The number of nitrogens with one attached hydrogen (secondary N) is 2. The minimum atomic E-state index is -0.116. The number of carbonyl (C=O) groups excluding carboxylic acids is 2. The lowest BCUT2D eigenvalue weighted by molar-refractivity contribution is -0.129. The van der Waals surface area contributed by atoms with Gasteiger partial charge in [-0.3, -0.25) is 9.59 Å². The molecule has 4 heteroatoms. The highest BCUT2D eigenvalue weighted by atomic mass is 16.2. The van der Waals surface area contributed by atoms with Crippen molar-refractivity contribution in [1.29, 1.82) is 0 Å². The Bertz CT molecular complexity index is 453. The molecule has 0 bridgehead atoms.